The predicted molar refractivity (Wildman–Crippen MR) is 198 cm³/mol. The summed E-state index contributed by atoms with van der Waals surface area (Å²) in [7, 11) is 0. The molecule has 1 aliphatic rings. The van der Waals surface area contributed by atoms with Gasteiger partial charge in [0.15, 0.2) is 0 Å². The van der Waals surface area contributed by atoms with Gasteiger partial charge in [-0.25, -0.2) is 0 Å². The first-order valence-electron chi connectivity index (χ1n) is 16.4. The molecule has 7 aromatic carbocycles. The third-order valence-corrected chi connectivity index (χ3v) is 9.97. The second-order valence-corrected chi connectivity index (χ2v) is 13.0. The molecule has 0 radical (unpaired) electrons. The van der Waals surface area contributed by atoms with Gasteiger partial charge in [-0.3, -0.25) is 0 Å². The van der Waals surface area contributed by atoms with Crippen molar-refractivity contribution in [2.24, 2.45) is 0 Å². The van der Waals surface area contributed by atoms with Crippen LogP contribution in [0.2, 0.25) is 0 Å². The summed E-state index contributed by atoms with van der Waals surface area (Å²) in [4.78, 5) is 2.46. The number of benzene rings is 7. The fourth-order valence-corrected chi connectivity index (χ4v) is 7.74. The first-order valence-corrected chi connectivity index (χ1v) is 16.4. The average molecular weight is 603 g/mol. The number of rotatable bonds is 5. The predicted octanol–water partition coefficient (Wildman–Crippen LogP) is 12.2. The molecule has 0 N–H and O–H groups in total. The Labute approximate surface area is 275 Å². The first-order chi connectivity index (χ1) is 23.1. The molecule has 0 atom stereocenters. The third kappa shape index (κ3) is 4.26. The summed E-state index contributed by atoms with van der Waals surface area (Å²) in [5, 5.41) is 2.48. The largest absolute Gasteiger partial charge is 0.308 e. The lowest BCUT2D eigenvalue weighted by Gasteiger charge is -2.29. The van der Waals surface area contributed by atoms with Crippen molar-refractivity contribution in [1.82, 2.24) is 4.57 Å². The van der Waals surface area contributed by atoms with Gasteiger partial charge in [0.1, 0.15) is 0 Å². The minimum atomic E-state index is -0.107. The lowest BCUT2D eigenvalue weighted by atomic mass is 9.82. The molecule has 224 valence electrons. The molecule has 8 aromatic rings. The molecule has 0 bridgehead atoms. The van der Waals surface area contributed by atoms with E-state index in [1.54, 1.807) is 0 Å². The maximum Gasteiger partial charge on any atom is 0.0782 e. The number of aromatic nitrogens is 1. The topological polar surface area (TPSA) is 8.17 Å². The van der Waals surface area contributed by atoms with E-state index < -0.39 is 0 Å². The summed E-state index contributed by atoms with van der Waals surface area (Å²) < 4.78 is 2.43. The summed E-state index contributed by atoms with van der Waals surface area (Å²) in [6.07, 6.45) is 0. The molecule has 0 spiro atoms. The van der Waals surface area contributed by atoms with Crippen LogP contribution in [-0.4, -0.2) is 4.57 Å². The summed E-state index contributed by atoms with van der Waals surface area (Å²) in [6, 6.07) is 61.9. The fraction of sp³-hybridized carbons (Fsp3) is 0.0667. The smallest absolute Gasteiger partial charge is 0.0782 e. The molecule has 0 amide bonds. The SMILES string of the molecule is CC1(C)c2ccccc2-c2ccc(N(c3cccc(-c4ccccc4)c3)c3cccc4c5ccccc5n(-c5ccccc5)c34)cc21. The summed E-state index contributed by atoms with van der Waals surface area (Å²) in [5.74, 6) is 0. The summed E-state index contributed by atoms with van der Waals surface area (Å²) >= 11 is 0. The van der Waals surface area contributed by atoms with Gasteiger partial charge in [-0.1, -0.05) is 135 Å². The van der Waals surface area contributed by atoms with Crippen molar-refractivity contribution in [2.75, 3.05) is 4.90 Å². The van der Waals surface area contributed by atoms with Gasteiger partial charge in [-0.05, 0) is 81.9 Å². The number of fused-ring (bicyclic) bond motifs is 6. The average Bonchev–Trinajstić information content (AvgIpc) is 3.59. The van der Waals surface area contributed by atoms with Gasteiger partial charge in [0.2, 0.25) is 0 Å². The first kappa shape index (κ1) is 27.5. The molecular weight excluding hydrogens is 569 g/mol. The molecular formula is C45H34N2. The minimum Gasteiger partial charge on any atom is -0.308 e. The zero-order chi connectivity index (χ0) is 31.5. The van der Waals surface area contributed by atoms with Gasteiger partial charge >= 0.3 is 0 Å². The van der Waals surface area contributed by atoms with Crippen LogP contribution in [0.25, 0.3) is 49.7 Å². The van der Waals surface area contributed by atoms with Crippen LogP contribution in [0.3, 0.4) is 0 Å². The molecule has 9 rings (SSSR count). The zero-order valence-electron chi connectivity index (χ0n) is 26.6. The number of para-hydroxylation sites is 3. The summed E-state index contributed by atoms with van der Waals surface area (Å²) in [6.45, 7) is 4.71. The van der Waals surface area contributed by atoms with Gasteiger partial charge < -0.3 is 9.47 Å². The molecule has 47 heavy (non-hydrogen) atoms. The van der Waals surface area contributed by atoms with Crippen LogP contribution in [0.4, 0.5) is 17.1 Å². The van der Waals surface area contributed by atoms with Gasteiger partial charge in [0, 0.05) is 33.2 Å². The molecule has 0 saturated heterocycles. The Bertz CT molecular complexity index is 2430. The van der Waals surface area contributed by atoms with Crippen LogP contribution in [0.1, 0.15) is 25.0 Å². The molecule has 1 aromatic heterocycles. The Kier molecular flexibility index (Phi) is 6.20. The second kappa shape index (κ2) is 10.6. The van der Waals surface area contributed by atoms with Crippen LogP contribution in [0.15, 0.2) is 170 Å². The van der Waals surface area contributed by atoms with Crippen molar-refractivity contribution in [3.8, 4) is 27.9 Å². The van der Waals surface area contributed by atoms with Crippen molar-refractivity contribution in [2.45, 2.75) is 19.3 Å². The minimum absolute atomic E-state index is 0.107. The molecule has 2 nitrogen and oxygen atoms in total. The van der Waals surface area contributed by atoms with Crippen molar-refractivity contribution in [3.63, 3.8) is 0 Å². The molecule has 1 aliphatic carbocycles. The molecule has 0 saturated carbocycles. The van der Waals surface area contributed by atoms with Crippen molar-refractivity contribution in [3.05, 3.63) is 181 Å². The Morgan fingerprint density at radius 1 is 0.468 bits per heavy atom. The number of nitrogens with zero attached hydrogens (tertiary/aromatic N) is 2. The Morgan fingerprint density at radius 3 is 1.96 bits per heavy atom. The van der Waals surface area contributed by atoms with Crippen molar-refractivity contribution >= 4 is 38.9 Å². The molecule has 2 heteroatoms. The summed E-state index contributed by atoms with van der Waals surface area (Å²) in [5.41, 5.74) is 14.6. The van der Waals surface area contributed by atoms with Crippen LogP contribution in [-0.2, 0) is 5.41 Å². The van der Waals surface area contributed by atoms with Crippen LogP contribution >= 0.6 is 0 Å². The van der Waals surface area contributed by atoms with Gasteiger partial charge in [-0.15, -0.1) is 0 Å². The van der Waals surface area contributed by atoms with Crippen molar-refractivity contribution in [1.29, 1.82) is 0 Å². The molecule has 0 unspecified atom stereocenters. The highest BCUT2D eigenvalue weighted by Gasteiger charge is 2.36. The van der Waals surface area contributed by atoms with Crippen LogP contribution < -0.4 is 4.90 Å². The van der Waals surface area contributed by atoms with E-state index in [0.717, 1.165) is 22.7 Å². The van der Waals surface area contributed by atoms with Crippen LogP contribution in [0.5, 0.6) is 0 Å². The molecule has 1 heterocycles. The third-order valence-electron chi connectivity index (χ3n) is 9.97. The van der Waals surface area contributed by atoms with Crippen LogP contribution in [0, 0.1) is 0 Å². The Hall–Kier alpha value is -5.86. The van der Waals surface area contributed by atoms with E-state index in [4.69, 9.17) is 0 Å². The van der Waals surface area contributed by atoms with Gasteiger partial charge in [-0.2, -0.15) is 0 Å². The highest BCUT2D eigenvalue weighted by Crippen LogP contribution is 2.51. The highest BCUT2D eigenvalue weighted by molar-refractivity contribution is 6.14. The van der Waals surface area contributed by atoms with E-state index in [9.17, 15) is 0 Å². The number of hydrogen-bond donors (Lipinski definition) is 0. The normalized spacial score (nSPS) is 13.1. The number of anilines is 3. The monoisotopic (exact) mass is 602 g/mol. The molecule has 0 fully saturated rings. The second-order valence-electron chi connectivity index (χ2n) is 13.0. The quantitative estimate of drug-likeness (QED) is 0.190. The van der Waals surface area contributed by atoms with E-state index in [-0.39, 0.29) is 5.41 Å². The van der Waals surface area contributed by atoms with E-state index in [1.807, 2.05) is 0 Å². The maximum atomic E-state index is 2.46. The van der Waals surface area contributed by atoms with E-state index in [1.165, 1.54) is 55.2 Å². The Balaban J connectivity index is 1.35. The lowest BCUT2D eigenvalue weighted by molar-refractivity contribution is 0.660. The highest BCUT2D eigenvalue weighted by atomic mass is 15.2. The standard InChI is InChI=1S/C45H34N2/c1-45(2)40-24-11-9-21-36(40)37-28-27-35(30-41(37)45)46(34-20-13-17-32(29-34)31-15-5-3-6-16-31)43-26-14-23-39-38-22-10-12-25-42(38)47(44(39)43)33-18-7-4-8-19-33/h3-30H,1-2H3. The van der Waals surface area contributed by atoms with Gasteiger partial charge in [0.25, 0.3) is 0 Å². The maximum absolute atomic E-state index is 2.46. The number of hydrogen-bond acceptors (Lipinski definition) is 1. The van der Waals surface area contributed by atoms with Gasteiger partial charge in [0.05, 0.1) is 16.7 Å². The fourth-order valence-electron chi connectivity index (χ4n) is 7.74. The molecule has 0 aliphatic heterocycles. The van der Waals surface area contributed by atoms with Crippen molar-refractivity contribution < 1.29 is 0 Å². The lowest BCUT2D eigenvalue weighted by Crippen LogP contribution is -2.17. The van der Waals surface area contributed by atoms with E-state index in [0.29, 0.717) is 0 Å². The van der Waals surface area contributed by atoms with E-state index >= 15 is 0 Å². The zero-order valence-corrected chi connectivity index (χ0v) is 26.6. The Morgan fingerprint density at radius 2 is 1.11 bits per heavy atom. The van der Waals surface area contributed by atoms with E-state index in [2.05, 4.69) is 193 Å².